The molecule has 1 heterocycles. The molecule has 1 saturated heterocycles. The van der Waals surface area contributed by atoms with Crippen molar-refractivity contribution in [2.24, 2.45) is 5.92 Å². The topological polar surface area (TPSA) is 86.7 Å². The molecule has 17 heavy (non-hydrogen) atoms. The van der Waals surface area contributed by atoms with E-state index in [0.717, 1.165) is 4.90 Å². The molecule has 1 aliphatic heterocycles. The number of nitrogens with one attached hydrogen (secondary N) is 1. The van der Waals surface area contributed by atoms with Gasteiger partial charge in [0.15, 0.2) is 0 Å². The zero-order valence-corrected chi connectivity index (χ0v) is 10.5. The average Bonchev–Trinajstić information content (AvgIpc) is 2.40. The predicted molar refractivity (Wildman–Crippen MR) is 60.3 cm³/mol. The summed E-state index contributed by atoms with van der Waals surface area (Å²) in [7, 11) is 0. The molecular weight excluding hydrogens is 224 g/mol. The molecule has 0 aliphatic carbocycles. The summed E-state index contributed by atoms with van der Waals surface area (Å²) in [5.74, 6) is -1.42. The highest BCUT2D eigenvalue weighted by molar-refractivity contribution is 6.07. The van der Waals surface area contributed by atoms with Crippen LogP contribution in [0.4, 0.5) is 4.79 Å². The fourth-order valence-electron chi connectivity index (χ4n) is 1.79. The molecule has 1 atom stereocenters. The Bertz CT molecular complexity index is 362. The first-order valence-electron chi connectivity index (χ1n) is 5.56. The highest BCUT2D eigenvalue weighted by Crippen LogP contribution is 2.23. The molecule has 6 nitrogen and oxygen atoms in total. The van der Waals surface area contributed by atoms with E-state index in [2.05, 4.69) is 5.32 Å². The summed E-state index contributed by atoms with van der Waals surface area (Å²) in [6.45, 7) is 6.55. The standard InChI is InChI=1S/C11H18N2O4/c1-6(2)5-7-8(14)13(10(17)12-7)11(3,4)9(15)16/h6-7H,5H2,1-4H3,(H,12,17)(H,15,16). The van der Waals surface area contributed by atoms with E-state index in [4.69, 9.17) is 5.11 Å². The Hall–Kier alpha value is -1.59. The largest absolute Gasteiger partial charge is 0.480 e. The molecule has 2 N–H and O–H groups in total. The number of carboxylic acids is 1. The van der Waals surface area contributed by atoms with Crippen LogP contribution in [0, 0.1) is 5.92 Å². The maximum Gasteiger partial charge on any atom is 0.329 e. The van der Waals surface area contributed by atoms with E-state index in [1.54, 1.807) is 0 Å². The van der Waals surface area contributed by atoms with E-state index in [0.29, 0.717) is 6.42 Å². The highest BCUT2D eigenvalue weighted by Gasteiger charge is 2.49. The van der Waals surface area contributed by atoms with Gasteiger partial charge in [-0.2, -0.15) is 0 Å². The van der Waals surface area contributed by atoms with Crippen molar-refractivity contribution in [3.05, 3.63) is 0 Å². The number of hydrogen-bond donors (Lipinski definition) is 2. The minimum Gasteiger partial charge on any atom is -0.480 e. The first-order chi connectivity index (χ1) is 7.67. The summed E-state index contributed by atoms with van der Waals surface area (Å²) >= 11 is 0. The molecule has 1 rings (SSSR count). The van der Waals surface area contributed by atoms with Gasteiger partial charge in [-0.05, 0) is 26.2 Å². The fraction of sp³-hybridized carbons (Fsp3) is 0.727. The quantitative estimate of drug-likeness (QED) is 0.714. The molecule has 0 aromatic rings. The van der Waals surface area contributed by atoms with Crippen LogP contribution >= 0.6 is 0 Å². The monoisotopic (exact) mass is 242 g/mol. The molecule has 0 aromatic heterocycles. The lowest BCUT2D eigenvalue weighted by Crippen LogP contribution is -2.53. The number of hydrogen-bond acceptors (Lipinski definition) is 3. The summed E-state index contributed by atoms with van der Waals surface area (Å²) in [6.07, 6.45) is 0.511. The van der Waals surface area contributed by atoms with Crippen molar-refractivity contribution in [1.82, 2.24) is 10.2 Å². The van der Waals surface area contributed by atoms with Crippen LogP contribution in [0.1, 0.15) is 34.1 Å². The van der Waals surface area contributed by atoms with Crippen LogP contribution in [0.25, 0.3) is 0 Å². The van der Waals surface area contributed by atoms with Gasteiger partial charge in [0.1, 0.15) is 11.6 Å². The predicted octanol–water partition coefficient (Wildman–Crippen LogP) is 0.816. The Kier molecular flexibility index (Phi) is 3.45. The zero-order valence-electron chi connectivity index (χ0n) is 10.5. The van der Waals surface area contributed by atoms with Crippen LogP contribution < -0.4 is 5.32 Å². The summed E-state index contributed by atoms with van der Waals surface area (Å²) in [4.78, 5) is 35.5. The number of rotatable bonds is 4. The van der Waals surface area contributed by atoms with Crippen LogP contribution in [-0.4, -0.2) is 39.5 Å². The number of aliphatic carboxylic acids is 1. The van der Waals surface area contributed by atoms with Crippen molar-refractivity contribution in [1.29, 1.82) is 0 Å². The van der Waals surface area contributed by atoms with E-state index in [-0.39, 0.29) is 5.92 Å². The number of amides is 3. The third-order valence-electron chi connectivity index (χ3n) is 2.81. The molecule has 3 amide bonds. The maximum absolute atomic E-state index is 12.0. The van der Waals surface area contributed by atoms with Crippen LogP contribution in [0.5, 0.6) is 0 Å². The smallest absolute Gasteiger partial charge is 0.329 e. The molecule has 0 bridgehead atoms. The van der Waals surface area contributed by atoms with E-state index in [1.165, 1.54) is 13.8 Å². The Morgan fingerprint density at radius 1 is 1.47 bits per heavy atom. The van der Waals surface area contributed by atoms with Gasteiger partial charge in [-0.3, -0.25) is 4.79 Å². The van der Waals surface area contributed by atoms with Crippen molar-refractivity contribution in [2.45, 2.75) is 45.7 Å². The second-order valence-corrected chi connectivity index (χ2v) is 5.17. The van der Waals surface area contributed by atoms with Gasteiger partial charge in [-0.1, -0.05) is 13.8 Å². The average molecular weight is 242 g/mol. The molecule has 96 valence electrons. The van der Waals surface area contributed by atoms with Crippen LogP contribution in [0.2, 0.25) is 0 Å². The van der Waals surface area contributed by atoms with Crippen LogP contribution in [0.3, 0.4) is 0 Å². The lowest BCUT2D eigenvalue weighted by Gasteiger charge is -2.28. The Morgan fingerprint density at radius 2 is 2.00 bits per heavy atom. The SMILES string of the molecule is CC(C)CC1NC(=O)N(C(C)(C)C(=O)O)C1=O. The van der Waals surface area contributed by atoms with Gasteiger partial charge >= 0.3 is 12.0 Å². The van der Waals surface area contributed by atoms with Crippen molar-refractivity contribution in [3.8, 4) is 0 Å². The zero-order chi connectivity index (χ0) is 13.4. The van der Waals surface area contributed by atoms with Crippen molar-refractivity contribution < 1.29 is 19.5 Å². The van der Waals surface area contributed by atoms with Gasteiger partial charge in [-0.25, -0.2) is 14.5 Å². The molecular formula is C11H18N2O4. The van der Waals surface area contributed by atoms with E-state index < -0.39 is 29.5 Å². The van der Waals surface area contributed by atoms with Gasteiger partial charge in [-0.15, -0.1) is 0 Å². The molecule has 1 fully saturated rings. The summed E-state index contributed by atoms with van der Waals surface area (Å²) in [5.41, 5.74) is -1.52. The normalized spacial score (nSPS) is 21.0. The van der Waals surface area contributed by atoms with Gasteiger partial charge in [0.2, 0.25) is 0 Å². The van der Waals surface area contributed by atoms with Gasteiger partial charge in [0.25, 0.3) is 5.91 Å². The molecule has 6 heteroatoms. The number of imide groups is 1. The fourth-order valence-corrected chi connectivity index (χ4v) is 1.79. The number of urea groups is 1. The Balaban J connectivity index is 2.93. The minimum atomic E-state index is -1.52. The van der Waals surface area contributed by atoms with E-state index in [9.17, 15) is 14.4 Å². The number of carboxylic acid groups (broad SMARTS) is 1. The number of nitrogens with zero attached hydrogens (tertiary/aromatic N) is 1. The van der Waals surface area contributed by atoms with E-state index >= 15 is 0 Å². The lowest BCUT2D eigenvalue weighted by molar-refractivity contribution is -0.152. The first-order valence-corrected chi connectivity index (χ1v) is 5.56. The molecule has 1 aliphatic rings. The second-order valence-electron chi connectivity index (χ2n) is 5.17. The molecule has 0 aromatic carbocycles. The third-order valence-corrected chi connectivity index (χ3v) is 2.81. The molecule has 1 unspecified atom stereocenters. The first kappa shape index (κ1) is 13.5. The lowest BCUT2D eigenvalue weighted by atomic mass is 10.0. The third kappa shape index (κ3) is 2.40. The summed E-state index contributed by atoms with van der Waals surface area (Å²) < 4.78 is 0. The maximum atomic E-state index is 12.0. The van der Waals surface area contributed by atoms with Crippen molar-refractivity contribution >= 4 is 17.9 Å². The van der Waals surface area contributed by atoms with E-state index in [1.807, 2.05) is 13.8 Å². The highest BCUT2D eigenvalue weighted by atomic mass is 16.4. The van der Waals surface area contributed by atoms with Crippen molar-refractivity contribution in [3.63, 3.8) is 0 Å². The van der Waals surface area contributed by atoms with Gasteiger partial charge in [0, 0.05) is 0 Å². The Morgan fingerprint density at radius 3 is 2.41 bits per heavy atom. The molecule has 0 spiro atoms. The summed E-state index contributed by atoms with van der Waals surface area (Å²) in [6, 6.07) is -1.24. The molecule has 0 saturated carbocycles. The van der Waals surface area contributed by atoms with Crippen LogP contribution in [0.15, 0.2) is 0 Å². The Labute approximate surface area is 100.0 Å². The number of carbonyl (C=O) groups is 3. The second kappa shape index (κ2) is 4.35. The minimum absolute atomic E-state index is 0.247. The number of carbonyl (C=O) groups excluding carboxylic acids is 2. The van der Waals surface area contributed by atoms with Crippen LogP contribution in [-0.2, 0) is 9.59 Å². The summed E-state index contributed by atoms with van der Waals surface area (Å²) in [5, 5.41) is 11.6. The van der Waals surface area contributed by atoms with Crippen molar-refractivity contribution in [2.75, 3.05) is 0 Å². The molecule has 0 radical (unpaired) electrons. The van der Waals surface area contributed by atoms with Gasteiger partial charge < -0.3 is 10.4 Å². The van der Waals surface area contributed by atoms with Gasteiger partial charge in [0.05, 0.1) is 0 Å².